The molecule has 3 N–H and O–H groups in total. The van der Waals surface area contributed by atoms with E-state index in [4.69, 9.17) is 0 Å². The van der Waals surface area contributed by atoms with Crippen molar-refractivity contribution in [2.45, 2.75) is 19.4 Å². The number of carbonyl (C=O) groups is 2. The highest BCUT2D eigenvalue weighted by molar-refractivity contribution is 6.21. The summed E-state index contributed by atoms with van der Waals surface area (Å²) >= 11 is 0. The Balaban J connectivity index is 1.92. The number of Topliss-reactive ketones (excluding diaryl/α,β-unsaturated/α-hetero) is 1. The fourth-order valence-electron chi connectivity index (χ4n) is 3.31. The predicted molar refractivity (Wildman–Crippen MR) is 113 cm³/mol. The molecule has 2 aromatic rings. The number of anilines is 1. The second kappa shape index (κ2) is 8.59. The molecule has 0 spiro atoms. The van der Waals surface area contributed by atoms with E-state index in [9.17, 15) is 23.5 Å². The van der Waals surface area contributed by atoms with E-state index < -0.39 is 23.6 Å². The molecule has 1 aliphatic rings. The average Bonchev–Trinajstić information content (AvgIpc) is 2.72. The number of hydrogen-bond donors (Lipinski definition) is 3. The predicted octanol–water partition coefficient (Wildman–Crippen LogP) is 3.88. The highest BCUT2D eigenvalue weighted by Crippen LogP contribution is 2.35. The van der Waals surface area contributed by atoms with Crippen LogP contribution in [-0.2, 0) is 4.79 Å². The van der Waals surface area contributed by atoms with Crippen LogP contribution < -0.4 is 10.6 Å². The van der Waals surface area contributed by atoms with Gasteiger partial charge in [0.1, 0.15) is 17.3 Å². The topological polar surface area (TPSA) is 81.7 Å². The molecule has 3 rings (SSSR count). The maximum absolute atomic E-state index is 13.6. The molecule has 1 amide bonds. The summed E-state index contributed by atoms with van der Waals surface area (Å²) in [4.78, 5) is 26.0. The van der Waals surface area contributed by atoms with Crippen molar-refractivity contribution in [3.63, 3.8) is 0 Å². The van der Waals surface area contributed by atoms with E-state index in [1.54, 1.807) is 20.2 Å². The maximum Gasteiger partial charge on any atom is 0.257 e. The summed E-state index contributed by atoms with van der Waals surface area (Å²) in [6, 6.07) is 7.35. The molecule has 0 aromatic heterocycles. The van der Waals surface area contributed by atoms with E-state index in [0.717, 1.165) is 6.07 Å². The zero-order valence-corrected chi connectivity index (χ0v) is 17.4. The molecule has 162 valence electrons. The van der Waals surface area contributed by atoms with Crippen LogP contribution in [0.1, 0.15) is 35.3 Å². The number of hydrogen-bond acceptors (Lipinski definition) is 5. The summed E-state index contributed by atoms with van der Waals surface area (Å²) in [5, 5.41) is 16.5. The molecule has 0 aliphatic heterocycles. The van der Waals surface area contributed by atoms with Gasteiger partial charge in [-0.25, -0.2) is 8.78 Å². The summed E-state index contributed by atoms with van der Waals surface area (Å²) in [5.74, 6) is -2.45. The number of para-hydroxylation sites is 1. The lowest BCUT2D eigenvalue weighted by Crippen LogP contribution is -2.36. The van der Waals surface area contributed by atoms with E-state index in [2.05, 4.69) is 17.2 Å². The van der Waals surface area contributed by atoms with Crippen molar-refractivity contribution in [1.82, 2.24) is 10.2 Å². The van der Waals surface area contributed by atoms with Crippen molar-refractivity contribution < 1.29 is 23.5 Å². The molecule has 0 unspecified atom stereocenters. The Bertz CT molecular complexity index is 1090. The normalized spacial score (nSPS) is 14.2. The molecule has 0 radical (unpaired) electrons. The van der Waals surface area contributed by atoms with Gasteiger partial charge in [-0.15, -0.1) is 0 Å². The van der Waals surface area contributed by atoms with Gasteiger partial charge in [0.05, 0.1) is 23.0 Å². The van der Waals surface area contributed by atoms with Crippen molar-refractivity contribution >= 4 is 17.4 Å². The van der Waals surface area contributed by atoms with Gasteiger partial charge in [-0.3, -0.25) is 9.59 Å². The van der Waals surface area contributed by atoms with E-state index in [1.165, 1.54) is 29.2 Å². The quantitative estimate of drug-likeness (QED) is 0.462. The Morgan fingerprint density at radius 3 is 2.39 bits per heavy atom. The zero-order valence-electron chi connectivity index (χ0n) is 17.4. The van der Waals surface area contributed by atoms with Gasteiger partial charge in [-0.1, -0.05) is 19.6 Å². The monoisotopic (exact) mass is 427 g/mol. The summed E-state index contributed by atoms with van der Waals surface area (Å²) < 4.78 is 27.3. The van der Waals surface area contributed by atoms with Crippen molar-refractivity contribution in [2.75, 3.05) is 19.4 Å². The Morgan fingerprint density at radius 1 is 1.16 bits per heavy atom. The van der Waals surface area contributed by atoms with Crippen LogP contribution in [0.15, 0.2) is 59.9 Å². The van der Waals surface area contributed by atoms with Crippen LogP contribution in [0, 0.1) is 11.6 Å². The third-order valence-electron chi connectivity index (χ3n) is 5.00. The van der Waals surface area contributed by atoms with Gasteiger partial charge in [0.15, 0.2) is 5.75 Å². The van der Waals surface area contributed by atoms with Crippen molar-refractivity contribution in [3.8, 4) is 5.75 Å². The Morgan fingerprint density at radius 2 is 1.81 bits per heavy atom. The molecule has 0 saturated heterocycles. The minimum absolute atomic E-state index is 0.0809. The van der Waals surface area contributed by atoms with Crippen LogP contribution in [0.4, 0.5) is 14.5 Å². The highest BCUT2D eigenvalue weighted by atomic mass is 19.1. The van der Waals surface area contributed by atoms with Gasteiger partial charge in [0.25, 0.3) is 5.91 Å². The van der Waals surface area contributed by atoms with Crippen LogP contribution >= 0.6 is 0 Å². The number of ketones is 1. The Kier molecular flexibility index (Phi) is 6.10. The average molecular weight is 427 g/mol. The van der Waals surface area contributed by atoms with E-state index in [0.29, 0.717) is 17.7 Å². The van der Waals surface area contributed by atoms with E-state index in [1.807, 2.05) is 6.92 Å². The van der Waals surface area contributed by atoms with Crippen LogP contribution in [0.25, 0.3) is 0 Å². The number of carbonyl (C=O) groups excluding carboxylic acids is 2. The largest absolute Gasteiger partial charge is 0.505 e. The number of aromatic hydroxyl groups is 1. The SMILES string of the molecule is C=C1C(=O)C(Nc2cccc(C(=O)N(C)C)c2O)=C1N[C@H](CC)c1cc(F)cc(F)c1. The fourth-order valence-corrected chi connectivity index (χ4v) is 3.31. The molecule has 1 atom stereocenters. The molecular formula is C23H23F2N3O3. The molecule has 8 heteroatoms. The lowest BCUT2D eigenvalue weighted by atomic mass is 9.91. The number of phenols is 1. The van der Waals surface area contributed by atoms with Gasteiger partial charge in [0, 0.05) is 25.7 Å². The van der Waals surface area contributed by atoms with E-state index >= 15 is 0 Å². The number of halogens is 2. The first-order valence-corrected chi connectivity index (χ1v) is 9.65. The van der Waals surface area contributed by atoms with Crippen LogP contribution in [0.2, 0.25) is 0 Å². The molecule has 2 aromatic carbocycles. The summed E-state index contributed by atoms with van der Waals surface area (Å²) in [5.41, 5.74) is 1.37. The first-order valence-electron chi connectivity index (χ1n) is 9.65. The molecule has 0 saturated carbocycles. The summed E-state index contributed by atoms with van der Waals surface area (Å²) in [6.07, 6.45) is 0.485. The number of benzene rings is 2. The van der Waals surface area contributed by atoms with Crippen molar-refractivity contribution in [1.29, 1.82) is 0 Å². The first-order chi connectivity index (χ1) is 14.6. The second-order valence-electron chi connectivity index (χ2n) is 7.39. The zero-order chi connectivity index (χ0) is 22.9. The van der Waals surface area contributed by atoms with Gasteiger partial charge in [0.2, 0.25) is 5.78 Å². The Hall–Kier alpha value is -3.68. The smallest absolute Gasteiger partial charge is 0.257 e. The third-order valence-corrected chi connectivity index (χ3v) is 5.00. The summed E-state index contributed by atoms with van der Waals surface area (Å²) in [6.45, 7) is 5.57. The number of rotatable bonds is 7. The highest BCUT2D eigenvalue weighted by Gasteiger charge is 2.34. The molecule has 0 heterocycles. The first kappa shape index (κ1) is 22.0. The van der Waals surface area contributed by atoms with Crippen LogP contribution in [0.3, 0.4) is 0 Å². The van der Waals surface area contributed by atoms with E-state index in [-0.39, 0.29) is 34.1 Å². The lowest BCUT2D eigenvalue weighted by molar-refractivity contribution is -0.113. The van der Waals surface area contributed by atoms with Gasteiger partial charge in [-0.05, 0) is 36.2 Å². The molecule has 0 bridgehead atoms. The Labute approximate surface area is 178 Å². The van der Waals surface area contributed by atoms with Gasteiger partial charge >= 0.3 is 0 Å². The van der Waals surface area contributed by atoms with Gasteiger partial charge in [-0.2, -0.15) is 0 Å². The van der Waals surface area contributed by atoms with Crippen LogP contribution in [-0.4, -0.2) is 35.8 Å². The standard InChI is InChI=1S/C23H23F2N3O3/c1-5-17(13-9-14(24)11-15(25)10-13)26-19-12(2)21(29)20(19)27-18-8-6-7-16(22(18)30)23(31)28(3)4/h6-11,17,26-27,30H,2,5H2,1,3-4H3/t17-/m1/s1. The molecule has 6 nitrogen and oxygen atoms in total. The minimum Gasteiger partial charge on any atom is -0.505 e. The van der Waals surface area contributed by atoms with Crippen LogP contribution in [0.5, 0.6) is 5.75 Å². The number of nitrogens with zero attached hydrogens (tertiary/aromatic N) is 1. The third kappa shape index (κ3) is 4.28. The number of allylic oxidation sites excluding steroid dienone is 2. The van der Waals surface area contributed by atoms with Crippen molar-refractivity contribution in [2.24, 2.45) is 0 Å². The molecule has 0 fully saturated rings. The lowest BCUT2D eigenvalue weighted by Gasteiger charge is -2.31. The maximum atomic E-state index is 13.6. The van der Waals surface area contributed by atoms with Crippen molar-refractivity contribution in [3.05, 3.63) is 82.7 Å². The minimum atomic E-state index is -0.696. The fraction of sp³-hybridized carbons (Fsp3) is 0.217. The molecule has 31 heavy (non-hydrogen) atoms. The number of phenolic OH excluding ortho intramolecular Hbond substituents is 1. The second-order valence-corrected chi connectivity index (χ2v) is 7.39. The molecule has 1 aliphatic carbocycles. The molecular weight excluding hydrogens is 404 g/mol. The summed E-state index contributed by atoms with van der Waals surface area (Å²) in [7, 11) is 3.12. The van der Waals surface area contributed by atoms with Gasteiger partial charge < -0.3 is 20.6 Å². The number of amides is 1. The number of nitrogens with one attached hydrogen (secondary N) is 2.